The van der Waals surface area contributed by atoms with Gasteiger partial charge in [-0.15, -0.1) is 0 Å². The maximum absolute atomic E-state index is 12.0. The highest BCUT2D eigenvalue weighted by Crippen LogP contribution is 2.20. The monoisotopic (exact) mass is 263 g/mol. The first kappa shape index (κ1) is 13.8. The predicted octanol–water partition coefficient (Wildman–Crippen LogP) is 1.20. The van der Waals surface area contributed by atoms with Gasteiger partial charge in [0, 0.05) is 0 Å². The van der Waals surface area contributed by atoms with E-state index in [9.17, 15) is 22.8 Å². The summed E-state index contributed by atoms with van der Waals surface area (Å²) >= 11 is 0. The molecule has 0 aliphatic rings. The zero-order valence-corrected chi connectivity index (χ0v) is 8.73. The molecule has 0 saturated heterocycles. The number of carboxylic acids is 1. The van der Waals surface area contributed by atoms with E-state index >= 15 is 0 Å². The minimum Gasteiger partial charge on any atom is -0.508 e. The van der Waals surface area contributed by atoms with E-state index in [-0.39, 0.29) is 11.3 Å². The van der Waals surface area contributed by atoms with Gasteiger partial charge in [-0.2, -0.15) is 13.2 Å². The standard InChI is InChI=1S/C10H8F3NO4/c11-10(12,13)9(18)14-7(8(16)17)5-1-3-6(15)4-2-5/h1-4,7,15H,(H,14,18)(H,16,17)/t7-/m0/s1. The van der Waals surface area contributed by atoms with Crippen LogP contribution in [0.4, 0.5) is 13.2 Å². The Hall–Kier alpha value is -2.25. The van der Waals surface area contributed by atoms with E-state index in [1.54, 1.807) is 0 Å². The van der Waals surface area contributed by atoms with Crippen LogP contribution in [0, 0.1) is 0 Å². The second kappa shape index (κ2) is 4.94. The molecule has 3 N–H and O–H groups in total. The molecular weight excluding hydrogens is 255 g/mol. The summed E-state index contributed by atoms with van der Waals surface area (Å²) < 4.78 is 36.0. The van der Waals surface area contributed by atoms with Gasteiger partial charge in [0.05, 0.1) is 0 Å². The zero-order valence-electron chi connectivity index (χ0n) is 8.73. The maximum Gasteiger partial charge on any atom is 0.471 e. The Labute approximate surface area is 98.8 Å². The number of phenolic OH excluding ortho intramolecular Hbond substituents is 1. The van der Waals surface area contributed by atoms with Gasteiger partial charge in [0.25, 0.3) is 0 Å². The minimum absolute atomic E-state index is 0.0853. The van der Waals surface area contributed by atoms with Gasteiger partial charge in [-0.05, 0) is 17.7 Å². The van der Waals surface area contributed by atoms with Crippen LogP contribution < -0.4 is 5.32 Å². The summed E-state index contributed by atoms with van der Waals surface area (Å²) in [7, 11) is 0. The number of carbonyl (C=O) groups is 2. The summed E-state index contributed by atoms with van der Waals surface area (Å²) in [6.07, 6.45) is -5.16. The van der Waals surface area contributed by atoms with E-state index in [2.05, 4.69) is 0 Å². The number of alkyl halides is 3. The summed E-state index contributed by atoms with van der Waals surface area (Å²) in [6, 6.07) is 2.57. The van der Waals surface area contributed by atoms with Crippen molar-refractivity contribution in [2.24, 2.45) is 0 Å². The van der Waals surface area contributed by atoms with Crippen molar-refractivity contribution < 1.29 is 33.0 Å². The van der Waals surface area contributed by atoms with Crippen LogP contribution in [0.25, 0.3) is 0 Å². The van der Waals surface area contributed by atoms with Crippen molar-refractivity contribution in [3.63, 3.8) is 0 Å². The van der Waals surface area contributed by atoms with Gasteiger partial charge in [-0.25, -0.2) is 4.79 Å². The first-order chi connectivity index (χ1) is 8.21. The number of halogens is 3. The normalized spacial score (nSPS) is 12.8. The van der Waals surface area contributed by atoms with E-state index in [4.69, 9.17) is 10.2 Å². The molecule has 0 fully saturated rings. The van der Waals surface area contributed by atoms with Crippen LogP contribution in [-0.4, -0.2) is 28.3 Å². The molecule has 98 valence electrons. The molecule has 0 aliphatic carbocycles. The molecule has 1 atom stereocenters. The molecule has 0 bridgehead atoms. The van der Waals surface area contributed by atoms with E-state index in [1.165, 1.54) is 5.32 Å². The van der Waals surface area contributed by atoms with Gasteiger partial charge >= 0.3 is 18.1 Å². The average Bonchev–Trinajstić information content (AvgIpc) is 2.25. The van der Waals surface area contributed by atoms with Crippen molar-refractivity contribution in [2.75, 3.05) is 0 Å². The lowest BCUT2D eigenvalue weighted by atomic mass is 10.1. The van der Waals surface area contributed by atoms with Crippen LogP contribution >= 0.6 is 0 Å². The molecule has 18 heavy (non-hydrogen) atoms. The van der Waals surface area contributed by atoms with Gasteiger partial charge in [0.15, 0.2) is 6.04 Å². The second-order valence-electron chi connectivity index (χ2n) is 3.33. The molecule has 0 aromatic heterocycles. The van der Waals surface area contributed by atoms with Crippen molar-refractivity contribution >= 4 is 11.9 Å². The molecule has 1 rings (SSSR count). The topological polar surface area (TPSA) is 86.6 Å². The number of nitrogens with one attached hydrogen (secondary N) is 1. The van der Waals surface area contributed by atoms with Gasteiger partial charge in [0.2, 0.25) is 0 Å². The highest BCUT2D eigenvalue weighted by atomic mass is 19.4. The molecule has 8 heteroatoms. The van der Waals surface area contributed by atoms with Crippen LogP contribution in [0.5, 0.6) is 5.75 Å². The average molecular weight is 263 g/mol. The molecule has 0 unspecified atom stereocenters. The van der Waals surface area contributed by atoms with Crippen molar-refractivity contribution in [2.45, 2.75) is 12.2 Å². The van der Waals surface area contributed by atoms with Crippen LogP contribution in [0.2, 0.25) is 0 Å². The Kier molecular flexibility index (Phi) is 3.79. The summed E-state index contributed by atoms with van der Waals surface area (Å²) in [5.74, 6) is -4.16. The lowest BCUT2D eigenvalue weighted by molar-refractivity contribution is -0.175. The van der Waals surface area contributed by atoms with E-state index in [0.29, 0.717) is 0 Å². The fraction of sp³-hybridized carbons (Fsp3) is 0.200. The number of phenols is 1. The molecule has 1 aromatic rings. The number of aromatic hydroxyl groups is 1. The van der Waals surface area contributed by atoms with E-state index in [0.717, 1.165) is 24.3 Å². The number of aliphatic carboxylic acids is 1. The zero-order chi connectivity index (χ0) is 13.9. The molecule has 5 nitrogen and oxygen atoms in total. The van der Waals surface area contributed by atoms with Gasteiger partial charge in [0.1, 0.15) is 5.75 Å². The summed E-state index contributed by atoms with van der Waals surface area (Å²) in [6.45, 7) is 0. The quantitative estimate of drug-likeness (QED) is 0.764. The molecule has 1 amide bonds. The lowest BCUT2D eigenvalue weighted by Crippen LogP contribution is -2.41. The van der Waals surface area contributed by atoms with Crippen molar-refractivity contribution in [1.82, 2.24) is 5.32 Å². The molecule has 0 spiro atoms. The molecular formula is C10H8F3NO4. The Morgan fingerprint density at radius 2 is 1.67 bits per heavy atom. The van der Waals surface area contributed by atoms with Crippen LogP contribution in [-0.2, 0) is 9.59 Å². The van der Waals surface area contributed by atoms with Crippen LogP contribution in [0.15, 0.2) is 24.3 Å². The van der Waals surface area contributed by atoms with Gasteiger partial charge < -0.3 is 15.5 Å². The van der Waals surface area contributed by atoms with Crippen molar-refractivity contribution in [1.29, 1.82) is 0 Å². The Morgan fingerprint density at radius 1 is 1.17 bits per heavy atom. The number of hydrogen-bond donors (Lipinski definition) is 3. The highest BCUT2D eigenvalue weighted by molar-refractivity contribution is 5.87. The molecule has 1 aromatic carbocycles. The van der Waals surface area contributed by atoms with Gasteiger partial charge in [-0.1, -0.05) is 12.1 Å². The van der Waals surface area contributed by atoms with Crippen LogP contribution in [0.1, 0.15) is 11.6 Å². The largest absolute Gasteiger partial charge is 0.508 e. The molecule has 0 radical (unpaired) electrons. The predicted molar refractivity (Wildman–Crippen MR) is 52.7 cm³/mol. The smallest absolute Gasteiger partial charge is 0.471 e. The number of hydrogen-bond acceptors (Lipinski definition) is 3. The summed E-state index contributed by atoms with van der Waals surface area (Å²) in [4.78, 5) is 21.5. The SMILES string of the molecule is O=C(O)[C@@H](NC(=O)C(F)(F)F)c1ccc(O)cc1. The number of carboxylic acid groups (broad SMARTS) is 1. The van der Waals surface area contributed by atoms with Gasteiger partial charge in [-0.3, -0.25) is 4.79 Å². The molecule has 0 heterocycles. The first-order valence-electron chi connectivity index (χ1n) is 4.61. The second-order valence-corrected chi connectivity index (χ2v) is 3.33. The Morgan fingerprint density at radius 3 is 2.06 bits per heavy atom. The number of carbonyl (C=O) groups excluding carboxylic acids is 1. The van der Waals surface area contributed by atoms with Crippen molar-refractivity contribution in [3.05, 3.63) is 29.8 Å². The third-order valence-electron chi connectivity index (χ3n) is 2.01. The number of rotatable bonds is 3. The highest BCUT2D eigenvalue weighted by Gasteiger charge is 2.41. The maximum atomic E-state index is 12.0. The molecule has 0 saturated carbocycles. The van der Waals surface area contributed by atoms with Crippen LogP contribution in [0.3, 0.4) is 0 Å². The lowest BCUT2D eigenvalue weighted by Gasteiger charge is -2.16. The number of amides is 1. The van der Waals surface area contributed by atoms with Crippen molar-refractivity contribution in [3.8, 4) is 5.75 Å². The Bertz CT molecular complexity index is 455. The number of benzene rings is 1. The Balaban J connectivity index is 2.94. The minimum atomic E-state index is -5.16. The fourth-order valence-corrected chi connectivity index (χ4v) is 1.17. The summed E-state index contributed by atoms with van der Waals surface area (Å²) in [5.41, 5.74) is -0.0853. The third kappa shape index (κ3) is 3.37. The first-order valence-corrected chi connectivity index (χ1v) is 4.61. The van der Waals surface area contributed by atoms with E-state index in [1.807, 2.05) is 0 Å². The fourth-order valence-electron chi connectivity index (χ4n) is 1.17. The summed E-state index contributed by atoms with van der Waals surface area (Å²) in [5, 5.41) is 19.1. The van der Waals surface area contributed by atoms with E-state index < -0.39 is 24.1 Å². The third-order valence-corrected chi connectivity index (χ3v) is 2.01. The molecule has 0 aliphatic heterocycles.